The molecule has 0 aliphatic rings. The molecule has 0 radical (unpaired) electrons. The van der Waals surface area contributed by atoms with Crippen LogP contribution in [-0.4, -0.2) is 39.1 Å². The standard InChI is InChI=1S/C18H27NO5.ClH/c1-4-6-11-19-24-14-13-23-18(20)15-9-8-10-16(21-3)17(15)22-12-7-5-2;/h8-11H,4-7,12-14H2,1-3H3;1H/b19-11-;. The van der Waals surface area contributed by atoms with Gasteiger partial charge in [-0.25, -0.2) is 4.79 Å². The van der Waals surface area contributed by atoms with E-state index in [0.717, 1.165) is 25.7 Å². The molecule has 1 aromatic rings. The highest BCUT2D eigenvalue weighted by molar-refractivity contribution is 5.93. The van der Waals surface area contributed by atoms with Crippen molar-refractivity contribution in [2.45, 2.75) is 39.5 Å². The Balaban J connectivity index is 0.00000576. The van der Waals surface area contributed by atoms with Gasteiger partial charge in [0, 0.05) is 6.21 Å². The van der Waals surface area contributed by atoms with E-state index in [4.69, 9.17) is 19.0 Å². The molecular formula is C18H28ClNO5. The fraction of sp³-hybridized carbons (Fsp3) is 0.556. The Hall–Kier alpha value is -1.95. The first kappa shape index (κ1) is 23.1. The molecule has 0 amide bonds. The Morgan fingerprint density at radius 3 is 2.64 bits per heavy atom. The van der Waals surface area contributed by atoms with Crippen molar-refractivity contribution in [2.75, 3.05) is 26.9 Å². The smallest absolute Gasteiger partial charge is 0.342 e. The van der Waals surface area contributed by atoms with Crippen LogP contribution < -0.4 is 9.47 Å². The van der Waals surface area contributed by atoms with Crippen molar-refractivity contribution in [3.8, 4) is 11.5 Å². The van der Waals surface area contributed by atoms with Crippen LogP contribution in [0.15, 0.2) is 23.4 Å². The number of halogens is 1. The molecule has 0 spiro atoms. The van der Waals surface area contributed by atoms with Crippen LogP contribution in [-0.2, 0) is 9.57 Å². The maximum atomic E-state index is 12.2. The van der Waals surface area contributed by atoms with E-state index < -0.39 is 5.97 Å². The Morgan fingerprint density at radius 1 is 1.16 bits per heavy atom. The minimum atomic E-state index is -0.471. The lowest BCUT2D eigenvalue weighted by Crippen LogP contribution is -2.12. The quantitative estimate of drug-likeness (QED) is 0.237. The normalized spacial score (nSPS) is 10.2. The van der Waals surface area contributed by atoms with Crippen molar-refractivity contribution in [3.05, 3.63) is 23.8 Å². The maximum Gasteiger partial charge on any atom is 0.342 e. The van der Waals surface area contributed by atoms with Crippen molar-refractivity contribution in [1.29, 1.82) is 0 Å². The third kappa shape index (κ3) is 8.63. The molecule has 1 rings (SSSR count). The van der Waals surface area contributed by atoms with Crippen LogP contribution >= 0.6 is 12.4 Å². The Kier molecular flexibility index (Phi) is 13.3. The van der Waals surface area contributed by atoms with Crippen LogP contribution in [0.1, 0.15) is 49.9 Å². The van der Waals surface area contributed by atoms with Gasteiger partial charge in [-0.05, 0) is 25.0 Å². The van der Waals surface area contributed by atoms with E-state index in [-0.39, 0.29) is 25.6 Å². The van der Waals surface area contributed by atoms with E-state index in [1.54, 1.807) is 31.5 Å². The SMILES string of the molecule is CCC/C=N\OCCOC(=O)c1cccc(OC)c1OCCCC.Cl. The van der Waals surface area contributed by atoms with Gasteiger partial charge < -0.3 is 19.0 Å². The van der Waals surface area contributed by atoms with Crippen molar-refractivity contribution in [3.63, 3.8) is 0 Å². The first-order valence-corrected chi connectivity index (χ1v) is 8.35. The van der Waals surface area contributed by atoms with Gasteiger partial charge in [0.1, 0.15) is 12.2 Å². The van der Waals surface area contributed by atoms with E-state index in [2.05, 4.69) is 19.0 Å². The largest absolute Gasteiger partial charge is 0.493 e. The molecule has 142 valence electrons. The topological polar surface area (TPSA) is 66.4 Å². The highest BCUT2D eigenvalue weighted by Gasteiger charge is 2.18. The number of para-hydroxylation sites is 1. The summed E-state index contributed by atoms with van der Waals surface area (Å²) < 4.78 is 16.2. The lowest BCUT2D eigenvalue weighted by Gasteiger charge is -2.14. The second-order valence-electron chi connectivity index (χ2n) is 5.08. The van der Waals surface area contributed by atoms with Gasteiger partial charge in [0.2, 0.25) is 0 Å². The molecule has 0 N–H and O–H groups in total. The summed E-state index contributed by atoms with van der Waals surface area (Å²) in [5, 5.41) is 3.76. The van der Waals surface area contributed by atoms with E-state index in [1.807, 2.05) is 0 Å². The van der Waals surface area contributed by atoms with Gasteiger partial charge in [-0.1, -0.05) is 37.9 Å². The summed E-state index contributed by atoms with van der Waals surface area (Å²) in [6, 6.07) is 5.14. The van der Waals surface area contributed by atoms with Crippen LogP contribution in [0.2, 0.25) is 0 Å². The predicted octanol–water partition coefficient (Wildman–Crippen LogP) is 4.26. The number of rotatable bonds is 12. The number of carbonyl (C=O) groups is 1. The molecule has 25 heavy (non-hydrogen) atoms. The van der Waals surface area contributed by atoms with Gasteiger partial charge in [-0.2, -0.15) is 0 Å². The fourth-order valence-electron chi connectivity index (χ4n) is 1.84. The Morgan fingerprint density at radius 2 is 1.96 bits per heavy atom. The highest BCUT2D eigenvalue weighted by Crippen LogP contribution is 2.31. The van der Waals surface area contributed by atoms with E-state index in [0.29, 0.717) is 23.7 Å². The monoisotopic (exact) mass is 373 g/mol. The maximum absolute atomic E-state index is 12.2. The summed E-state index contributed by atoms with van der Waals surface area (Å²) in [5.74, 6) is 0.461. The molecule has 0 saturated heterocycles. The minimum absolute atomic E-state index is 0. The molecular weight excluding hydrogens is 346 g/mol. The van der Waals surface area contributed by atoms with Gasteiger partial charge in [0.25, 0.3) is 0 Å². The third-order valence-electron chi connectivity index (χ3n) is 3.14. The van der Waals surface area contributed by atoms with Crippen LogP contribution in [0, 0.1) is 0 Å². The minimum Gasteiger partial charge on any atom is -0.493 e. The number of oxime groups is 1. The zero-order valence-electron chi connectivity index (χ0n) is 15.2. The zero-order chi connectivity index (χ0) is 17.6. The molecule has 0 fully saturated rings. The molecule has 0 bridgehead atoms. The second kappa shape index (κ2) is 14.4. The molecule has 0 heterocycles. The first-order chi connectivity index (χ1) is 11.7. The molecule has 0 saturated carbocycles. The van der Waals surface area contributed by atoms with Gasteiger partial charge in [-0.3, -0.25) is 0 Å². The van der Waals surface area contributed by atoms with Crippen molar-refractivity contribution in [2.24, 2.45) is 5.16 Å². The molecule has 6 nitrogen and oxygen atoms in total. The lowest BCUT2D eigenvalue weighted by molar-refractivity contribution is 0.0325. The first-order valence-electron chi connectivity index (χ1n) is 8.35. The summed E-state index contributed by atoms with van der Waals surface area (Å²) >= 11 is 0. The number of esters is 1. The molecule has 7 heteroatoms. The number of hydrogen-bond acceptors (Lipinski definition) is 6. The van der Waals surface area contributed by atoms with Crippen LogP contribution in [0.4, 0.5) is 0 Å². The van der Waals surface area contributed by atoms with Crippen molar-refractivity contribution < 1.29 is 23.8 Å². The lowest BCUT2D eigenvalue weighted by atomic mass is 10.2. The summed E-state index contributed by atoms with van der Waals surface area (Å²) in [5.41, 5.74) is 0.347. The van der Waals surface area contributed by atoms with Crippen LogP contribution in [0.5, 0.6) is 11.5 Å². The predicted molar refractivity (Wildman–Crippen MR) is 100 cm³/mol. The molecule has 0 aliphatic heterocycles. The zero-order valence-corrected chi connectivity index (χ0v) is 16.0. The average Bonchev–Trinajstić information content (AvgIpc) is 2.61. The van der Waals surface area contributed by atoms with E-state index >= 15 is 0 Å². The number of nitrogens with zero attached hydrogens (tertiary/aromatic N) is 1. The van der Waals surface area contributed by atoms with Gasteiger partial charge in [0.15, 0.2) is 18.1 Å². The molecule has 0 aliphatic carbocycles. The average molecular weight is 374 g/mol. The number of carbonyl (C=O) groups excluding carboxylic acids is 1. The third-order valence-corrected chi connectivity index (χ3v) is 3.14. The van der Waals surface area contributed by atoms with Crippen LogP contribution in [0.3, 0.4) is 0 Å². The molecule has 1 aromatic carbocycles. The summed E-state index contributed by atoms with van der Waals surface area (Å²) in [6.07, 6.45) is 5.48. The summed E-state index contributed by atoms with van der Waals surface area (Å²) in [7, 11) is 1.54. The van der Waals surface area contributed by atoms with Crippen LogP contribution in [0.25, 0.3) is 0 Å². The number of benzene rings is 1. The van der Waals surface area contributed by atoms with E-state index in [9.17, 15) is 4.79 Å². The Bertz CT molecular complexity index is 522. The van der Waals surface area contributed by atoms with Gasteiger partial charge in [-0.15, -0.1) is 12.4 Å². The fourth-order valence-corrected chi connectivity index (χ4v) is 1.84. The van der Waals surface area contributed by atoms with Crippen molar-refractivity contribution in [1.82, 2.24) is 0 Å². The second-order valence-corrected chi connectivity index (χ2v) is 5.08. The van der Waals surface area contributed by atoms with Gasteiger partial charge >= 0.3 is 5.97 Å². The number of methoxy groups -OCH3 is 1. The molecule has 0 aromatic heterocycles. The molecule has 0 atom stereocenters. The Labute approximate surface area is 155 Å². The van der Waals surface area contributed by atoms with E-state index in [1.165, 1.54) is 0 Å². The summed E-state index contributed by atoms with van der Waals surface area (Å²) in [4.78, 5) is 17.3. The summed E-state index contributed by atoms with van der Waals surface area (Å²) in [6.45, 7) is 4.98. The number of unbranched alkanes of at least 4 members (excludes halogenated alkanes) is 2. The van der Waals surface area contributed by atoms with Gasteiger partial charge in [0.05, 0.1) is 13.7 Å². The number of ether oxygens (including phenoxy) is 3. The highest BCUT2D eigenvalue weighted by atomic mass is 35.5. The van der Waals surface area contributed by atoms with Crippen molar-refractivity contribution >= 4 is 24.6 Å². The molecule has 0 unspecified atom stereocenters. The number of hydrogen-bond donors (Lipinski definition) is 0.